The van der Waals surface area contributed by atoms with E-state index in [0.717, 1.165) is 11.3 Å². The van der Waals surface area contributed by atoms with E-state index in [4.69, 9.17) is 4.74 Å². The van der Waals surface area contributed by atoms with Gasteiger partial charge in [0, 0.05) is 29.8 Å². The van der Waals surface area contributed by atoms with E-state index in [9.17, 15) is 20.1 Å². The van der Waals surface area contributed by atoms with Crippen LogP contribution in [0.1, 0.15) is 28.6 Å². The number of aliphatic hydroxyl groups is 3. The zero-order valence-electron chi connectivity index (χ0n) is 20.2. The monoisotopic (exact) mass is 514 g/mol. The lowest BCUT2D eigenvalue weighted by Crippen LogP contribution is -2.33. The van der Waals surface area contributed by atoms with Crippen molar-refractivity contribution >= 4 is 28.6 Å². The zero-order chi connectivity index (χ0) is 26.5. The van der Waals surface area contributed by atoms with Crippen molar-refractivity contribution in [1.29, 1.82) is 0 Å². The summed E-state index contributed by atoms with van der Waals surface area (Å²) < 4.78 is 7.10. The number of amides is 1. The van der Waals surface area contributed by atoms with Gasteiger partial charge >= 0.3 is 0 Å². The number of nitrogens with zero attached hydrogens (tertiary/aromatic N) is 4. The molecule has 5 N–H and O–H groups in total. The van der Waals surface area contributed by atoms with Crippen LogP contribution in [0.25, 0.3) is 11.2 Å². The van der Waals surface area contributed by atoms with E-state index in [0.29, 0.717) is 35.5 Å². The van der Waals surface area contributed by atoms with Crippen molar-refractivity contribution in [3.8, 4) is 11.8 Å². The summed E-state index contributed by atoms with van der Waals surface area (Å²) in [6.45, 7) is 0.0353. The first-order valence-electron chi connectivity index (χ1n) is 12.0. The quantitative estimate of drug-likeness (QED) is 0.182. The minimum atomic E-state index is -1.25. The summed E-state index contributed by atoms with van der Waals surface area (Å²) in [5.41, 5.74) is 3.06. The van der Waals surface area contributed by atoms with Crippen molar-refractivity contribution in [3.05, 3.63) is 78.4 Å². The van der Waals surface area contributed by atoms with Crippen molar-refractivity contribution < 1.29 is 24.9 Å². The average molecular weight is 515 g/mol. The van der Waals surface area contributed by atoms with Crippen LogP contribution in [0, 0.1) is 11.8 Å². The van der Waals surface area contributed by atoms with E-state index in [-0.39, 0.29) is 5.91 Å². The lowest BCUT2D eigenvalue weighted by molar-refractivity contribution is -0.0511. The molecule has 3 heterocycles. The Morgan fingerprint density at radius 1 is 1.03 bits per heavy atom. The number of anilines is 2. The fraction of sp³-hybridized carbons (Fsp3) is 0.259. The maximum atomic E-state index is 12.1. The van der Waals surface area contributed by atoms with E-state index in [1.54, 1.807) is 12.1 Å². The number of hydrogen-bond donors (Lipinski definition) is 5. The van der Waals surface area contributed by atoms with Crippen molar-refractivity contribution in [2.24, 2.45) is 0 Å². The molecule has 4 atom stereocenters. The summed E-state index contributed by atoms with van der Waals surface area (Å²) in [6, 6.07) is 16.5. The number of imidazole rings is 1. The highest BCUT2D eigenvalue weighted by molar-refractivity contribution is 5.94. The summed E-state index contributed by atoms with van der Waals surface area (Å²) in [7, 11) is 0. The Bertz CT molecular complexity index is 1460. The lowest BCUT2D eigenvalue weighted by Gasteiger charge is -2.16. The molecule has 11 nitrogen and oxygen atoms in total. The third-order valence-electron chi connectivity index (χ3n) is 6.10. The molecule has 0 saturated carbocycles. The van der Waals surface area contributed by atoms with Gasteiger partial charge in [-0.15, -0.1) is 0 Å². The fourth-order valence-corrected chi connectivity index (χ4v) is 4.11. The normalized spacial score (nSPS) is 20.6. The molecule has 1 fully saturated rings. The third kappa shape index (κ3) is 5.34. The van der Waals surface area contributed by atoms with Crippen molar-refractivity contribution in [2.75, 3.05) is 18.5 Å². The van der Waals surface area contributed by atoms with E-state index in [1.807, 2.05) is 42.5 Å². The maximum absolute atomic E-state index is 12.1. The molecule has 5 rings (SSSR count). The van der Waals surface area contributed by atoms with Gasteiger partial charge in [0.25, 0.3) is 5.91 Å². The molecular formula is C27H26N6O5. The van der Waals surface area contributed by atoms with Gasteiger partial charge in [-0.2, -0.15) is 0 Å². The summed E-state index contributed by atoms with van der Waals surface area (Å²) in [6.07, 6.45) is -0.982. The van der Waals surface area contributed by atoms with Gasteiger partial charge in [-0.05, 0) is 36.4 Å². The molecule has 1 aliphatic rings. The predicted octanol–water partition coefficient (Wildman–Crippen LogP) is 1.35. The van der Waals surface area contributed by atoms with Gasteiger partial charge in [0.1, 0.15) is 24.6 Å². The van der Waals surface area contributed by atoms with Gasteiger partial charge in [-0.1, -0.05) is 30.0 Å². The molecule has 1 aliphatic heterocycles. The van der Waals surface area contributed by atoms with Crippen LogP contribution >= 0.6 is 0 Å². The molecule has 38 heavy (non-hydrogen) atoms. The first-order valence-corrected chi connectivity index (χ1v) is 12.0. The SMILES string of the molecule is O=C(NCCC#Cc1ccc(Nc2ncnc3c2ncn3[C@@H]2O[C@H](CO)[C@@H](O)[C@H]2O)cc1)c1ccccc1. The van der Waals surface area contributed by atoms with Crippen molar-refractivity contribution in [3.63, 3.8) is 0 Å². The second-order valence-electron chi connectivity index (χ2n) is 8.65. The molecule has 0 aliphatic carbocycles. The standard InChI is InChI=1S/C27H26N6O5/c34-14-20-22(35)23(36)27(38-20)33-16-31-21-24(29-15-30-25(21)33)32-19-11-9-17(10-12-19)6-4-5-13-28-26(37)18-7-2-1-3-8-18/h1-3,7-12,15-16,20,22-23,27,34-36H,5,13-14H2,(H,28,37)(H,29,30,32)/t20-,22-,23-,27-/m1/s1. The van der Waals surface area contributed by atoms with Crippen LogP contribution in [-0.4, -0.2) is 72.2 Å². The number of carbonyl (C=O) groups excluding carboxylic acids is 1. The Hall–Kier alpha value is -4.34. The number of hydrogen-bond acceptors (Lipinski definition) is 9. The summed E-state index contributed by atoms with van der Waals surface area (Å²) >= 11 is 0. The zero-order valence-corrected chi connectivity index (χ0v) is 20.2. The molecule has 0 spiro atoms. The molecular weight excluding hydrogens is 488 g/mol. The van der Waals surface area contributed by atoms with E-state index < -0.39 is 31.1 Å². The Morgan fingerprint density at radius 3 is 2.55 bits per heavy atom. The molecule has 194 valence electrons. The smallest absolute Gasteiger partial charge is 0.251 e. The largest absolute Gasteiger partial charge is 0.394 e. The molecule has 1 amide bonds. The molecule has 0 radical (unpaired) electrons. The van der Waals surface area contributed by atoms with Crippen LogP contribution in [0.4, 0.5) is 11.5 Å². The van der Waals surface area contributed by atoms with Gasteiger partial charge in [0.15, 0.2) is 23.2 Å². The number of aliphatic hydroxyl groups excluding tert-OH is 3. The lowest BCUT2D eigenvalue weighted by atomic mass is 10.1. The van der Waals surface area contributed by atoms with Gasteiger partial charge in [0.05, 0.1) is 12.9 Å². The Kier molecular flexibility index (Phi) is 7.57. The first-order chi connectivity index (χ1) is 18.5. The number of aromatic nitrogens is 4. The molecule has 2 aromatic heterocycles. The Balaban J connectivity index is 1.20. The Labute approximate surface area is 218 Å². The van der Waals surface area contributed by atoms with Gasteiger partial charge in [-0.3, -0.25) is 9.36 Å². The second-order valence-corrected chi connectivity index (χ2v) is 8.65. The number of fused-ring (bicyclic) bond motifs is 1. The summed E-state index contributed by atoms with van der Waals surface area (Å²) in [4.78, 5) is 25.0. The number of nitrogens with one attached hydrogen (secondary N) is 2. The van der Waals surface area contributed by atoms with Gasteiger partial charge in [-0.25, -0.2) is 15.0 Å². The third-order valence-corrected chi connectivity index (χ3v) is 6.10. The van der Waals surface area contributed by atoms with E-state index in [1.165, 1.54) is 17.2 Å². The van der Waals surface area contributed by atoms with Crippen LogP contribution in [0.3, 0.4) is 0 Å². The maximum Gasteiger partial charge on any atom is 0.251 e. The van der Waals surface area contributed by atoms with Gasteiger partial charge in [0.2, 0.25) is 0 Å². The highest BCUT2D eigenvalue weighted by Gasteiger charge is 2.44. The summed E-state index contributed by atoms with van der Waals surface area (Å²) in [5, 5.41) is 35.9. The minimum absolute atomic E-state index is 0.120. The molecule has 0 unspecified atom stereocenters. The van der Waals surface area contributed by atoms with Crippen molar-refractivity contribution in [2.45, 2.75) is 31.0 Å². The van der Waals surface area contributed by atoms with Crippen LogP contribution in [0.5, 0.6) is 0 Å². The van der Waals surface area contributed by atoms with Crippen LogP contribution in [-0.2, 0) is 4.74 Å². The first kappa shape index (κ1) is 25.3. The predicted molar refractivity (Wildman–Crippen MR) is 138 cm³/mol. The molecule has 11 heteroatoms. The minimum Gasteiger partial charge on any atom is -0.394 e. The topological polar surface area (TPSA) is 155 Å². The van der Waals surface area contributed by atoms with Crippen LogP contribution in [0.15, 0.2) is 67.3 Å². The molecule has 4 aromatic rings. The number of benzene rings is 2. The Morgan fingerprint density at radius 2 is 1.82 bits per heavy atom. The second kappa shape index (κ2) is 11.4. The fourth-order valence-electron chi connectivity index (χ4n) is 4.11. The average Bonchev–Trinajstić information content (AvgIpc) is 3.50. The molecule has 1 saturated heterocycles. The molecule has 2 aromatic carbocycles. The highest BCUT2D eigenvalue weighted by Crippen LogP contribution is 2.32. The van der Waals surface area contributed by atoms with E-state index >= 15 is 0 Å². The number of carbonyl (C=O) groups is 1. The molecule has 0 bridgehead atoms. The van der Waals surface area contributed by atoms with Crippen LogP contribution in [0.2, 0.25) is 0 Å². The summed E-state index contributed by atoms with van der Waals surface area (Å²) in [5.74, 6) is 6.48. The van der Waals surface area contributed by atoms with E-state index in [2.05, 4.69) is 37.4 Å². The van der Waals surface area contributed by atoms with Gasteiger partial charge < -0.3 is 30.7 Å². The van der Waals surface area contributed by atoms with Crippen LogP contribution < -0.4 is 10.6 Å². The highest BCUT2D eigenvalue weighted by atomic mass is 16.6. The number of rotatable bonds is 7. The van der Waals surface area contributed by atoms with Crippen molar-refractivity contribution in [1.82, 2.24) is 24.8 Å². The number of ether oxygens (including phenoxy) is 1.